The number of hydrogen-bond donors (Lipinski definition) is 2. The molecule has 4 heteroatoms. The number of hydrogen-bond acceptors (Lipinski definition) is 1. The summed E-state index contributed by atoms with van der Waals surface area (Å²) in [6.45, 7) is 0.741. The summed E-state index contributed by atoms with van der Waals surface area (Å²) in [4.78, 5) is 9.85. The number of aromatic nitrogens is 1. The zero-order valence-electron chi connectivity index (χ0n) is 11.3. The number of nitrogens with one attached hydrogen (secondary N) is 1. The fraction of sp³-hybridized carbons (Fsp3) is 0.400. The Hall–Kier alpha value is -1.97. The minimum Gasteiger partial charge on any atom is -0.370 e. The van der Waals surface area contributed by atoms with E-state index in [0.717, 1.165) is 13.0 Å². The number of fused-ring (bicyclic) bond motifs is 1. The molecule has 0 atom stereocenters. The van der Waals surface area contributed by atoms with Gasteiger partial charge in [-0.05, 0) is 30.9 Å². The van der Waals surface area contributed by atoms with E-state index in [-0.39, 0.29) is 0 Å². The highest BCUT2D eigenvalue weighted by atomic mass is 15.3. The molecule has 0 spiro atoms. The number of H-pyrrole nitrogens is 1. The highest BCUT2D eigenvalue weighted by Crippen LogP contribution is 2.25. The standard InChI is InChI=1S/C15H20N4/c1-19(12-6-7-12)15(16)17-9-8-11-10-18-14-5-3-2-4-13(11)14/h2-5,10,12,18H,6-9H2,1H3,(H2,16,17). The van der Waals surface area contributed by atoms with Crippen molar-refractivity contribution in [3.63, 3.8) is 0 Å². The Kier molecular flexibility index (Phi) is 3.15. The van der Waals surface area contributed by atoms with Crippen LogP contribution in [0.2, 0.25) is 0 Å². The van der Waals surface area contributed by atoms with Crippen LogP contribution in [0.15, 0.2) is 35.5 Å². The van der Waals surface area contributed by atoms with Gasteiger partial charge in [-0.25, -0.2) is 0 Å². The molecule has 1 aliphatic carbocycles. The first-order valence-electron chi connectivity index (χ1n) is 6.83. The second-order valence-electron chi connectivity index (χ2n) is 5.19. The molecule has 1 saturated carbocycles. The summed E-state index contributed by atoms with van der Waals surface area (Å²) >= 11 is 0. The van der Waals surface area contributed by atoms with Gasteiger partial charge in [-0.1, -0.05) is 18.2 Å². The molecule has 100 valence electrons. The SMILES string of the molecule is CN(C(N)=NCCc1c[nH]c2ccccc12)C1CC1. The summed E-state index contributed by atoms with van der Waals surface area (Å²) in [6, 6.07) is 8.97. The Morgan fingerprint density at radius 3 is 3.00 bits per heavy atom. The summed E-state index contributed by atoms with van der Waals surface area (Å²) in [5, 5.41) is 1.28. The Labute approximate surface area is 113 Å². The maximum atomic E-state index is 5.98. The minimum absolute atomic E-state index is 0.622. The number of aromatic amines is 1. The molecule has 1 aromatic heterocycles. The van der Waals surface area contributed by atoms with Gasteiger partial charge in [0.1, 0.15) is 0 Å². The summed E-state index contributed by atoms with van der Waals surface area (Å²) < 4.78 is 0. The van der Waals surface area contributed by atoms with E-state index >= 15 is 0 Å². The molecule has 1 aromatic carbocycles. The molecule has 19 heavy (non-hydrogen) atoms. The van der Waals surface area contributed by atoms with Gasteiger partial charge in [0.05, 0.1) is 0 Å². The lowest BCUT2D eigenvalue weighted by Gasteiger charge is -2.16. The van der Waals surface area contributed by atoms with E-state index < -0.39 is 0 Å². The Morgan fingerprint density at radius 1 is 1.42 bits per heavy atom. The average molecular weight is 256 g/mol. The Morgan fingerprint density at radius 2 is 2.21 bits per heavy atom. The molecule has 2 aromatic rings. The molecule has 4 nitrogen and oxygen atoms in total. The van der Waals surface area contributed by atoms with Gasteiger partial charge in [-0.2, -0.15) is 0 Å². The molecule has 0 bridgehead atoms. The molecule has 3 rings (SSSR count). The van der Waals surface area contributed by atoms with Crippen LogP contribution in [-0.4, -0.2) is 35.5 Å². The van der Waals surface area contributed by atoms with Crippen molar-refractivity contribution in [2.45, 2.75) is 25.3 Å². The van der Waals surface area contributed by atoms with E-state index in [9.17, 15) is 0 Å². The van der Waals surface area contributed by atoms with Crippen LogP contribution in [0.3, 0.4) is 0 Å². The summed E-state index contributed by atoms with van der Waals surface area (Å²) in [6.07, 6.45) is 5.48. The van der Waals surface area contributed by atoms with Crippen LogP contribution < -0.4 is 5.73 Å². The van der Waals surface area contributed by atoms with Crippen molar-refractivity contribution in [1.82, 2.24) is 9.88 Å². The highest BCUT2D eigenvalue weighted by Gasteiger charge is 2.27. The molecule has 1 heterocycles. The normalized spacial score (nSPS) is 15.9. The molecule has 0 aliphatic heterocycles. The van der Waals surface area contributed by atoms with Gasteiger partial charge >= 0.3 is 0 Å². The number of aliphatic imine (C=N–C) groups is 1. The molecule has 0 unspecified atom stereocenters. The highest BCUT2D eigenvalue weighted by molar-refractivity contribution is 5.83. The first kappa shape index (κ1) is 12.1. The summed E-state index contributed by atoms with van der Waals surface area (Å²) in [5.74, 6) is 0.669. The van der Waals surface area contributed by atoms with Crippen LogP contribution in [-0.2, 0) is 6.42 Å². The summed E-state index contributed by atoms with van der Waals surface area (Å²) in [5.41, 5.74) is 8.47. The number of rotatable bonds is 4. The molecule has 0 saturated heterocycles. The molecular weight excluding hydrogens is 236 g/mol. The van der Waals surface area contributed by atoms with E-state index in [2.05, 4.69) is 39.3 Å². The molecular formula is C15H20N4. The van der Waals surface area contributed by atoms with Crippen molar-refractivity contribution in [1.29, 1.82) is 0 Å². The second-order valence-corrected chi connectivity index (χ2v) is 5.19. The number of nitrogens with zero attached hydrogens (tertiary/aromatic N) is 2. The van der Waals surface area contributed by atoms with Crippen LogP contribution in [0.5, 0.6) is 0 Å². The fourth-order valence-corrected chi connectivity index (χ4v) is 2.39. The van der Waals surface area contributed by atoms with E-state index in [1.807, 2.05) is 13.1 Å². The van der Waals surface area contributed by atoms with Gasteiger partial charge in [0.25, 0.3) is 0 Å². The number of para-hydroxylation sites is 1. The van der Waals surface area contributed by atoms with Crippen molar-refractivity contribution < 1.29 is 0 Å². The summed E-state index contributed by atoms with van der Waals surface area (Å²) in [7, 11) is 2.03. The lowest BCUT2D eigenvalue weighted by molar-refractivity contribution is 0.487. The smallest absolute Gasteiger partial charge is 0.191 e. The van der Waals surface area contributed by atoms with Crippen LogP contribution in [0.1, 0.15) is 18.4 Å². The lowest BCUT2D eigenvalue weighted by atomic mass is 10.1. The van der Waals surface area contributed by atoms with E-state index in [0.29, 0.717) is 12.0 Å². The van der Waals surface area contributed by atoms with Crippen LogP contribution >= 0.6 is 0 Å². The van der Waals surface area contributed by atoms with Crippen LogP contribution in [0, 0.1) is 0 Å². The zero-order valence-corrected chi connectivity index (χ0v) is 11.3. The average Bonchev–Trinajstić information content (AvgIpc) is 3.20. The van der Waals surface area contributed by atoms with E-state index in [4.69, 9.17) is 5.73 Å². The predicted molar refractivity (Wildman–Crippen MR) is 79.3 cm³/mol. The third-order valence-electron chi connectivity index (χ3n) is 3.79. The van der Waals surface area contributed by atoms with E-state index in [1.54, 1.807) is 0 Å². The maximum Gasteiger partial charge on any atom is 0.191 e. The van der Waals surface area contributed by atoms with Crippen molar-refractivity contribution in [3.05, 3.63) is 36.0 Å². The quantitative estimate of drug-likeness (QED) is 0.650. The van der Waals surface area contributed by atoms with Crippen LogP contribution in [0.4, 0.5) is 0 Å². The minimum atomic E-state index is 0.622. The van der Waals surface area contributed by atoms with E-state index in [1.165, 1.54) is 29.3 Å². The fourth-order valence-electron chi connectivity index (χ4n) is 2.39. The first-order chi connectivity index (χ1) is 9.25. The van der Waals surface area contributed by atoms with Crippen molar-refractivity contribution in [3.8, 4) is 0 Å². The lowest BCUT2D eigenvalue weighted by Crippen LogP contribution is -2.35. The molecule has 0 amide bonds. The van der Waals surface area contributed by atoms with Crippen molar-refractivity contribution >= 4 is 16.9 Å². The molecule has 0 radical (unpaired) electrons. The van der Waals surface area contributed by atoms with Gasteiger partial charge in [0.15, 0.2) is 5.96 Å². The van der Waals surface area contributed by atoms with Crippen LogP contribution in [0.25, 0.3) is 10.9 Å². The third-order valence-corrected chi connectivity index (χ3v) is 3.79. The molecule has 1 fully saturated rings. The molecule has 3 N–H and O–H groups in total. The molecule has 1 aliphatic rings. The largest absolute Gasteiger partial charge is 0.370 e. The topological polar surface area (TPSA) is 57.4 Å². The maximum absolute atomic E-state index is 5.98. The van der Waals surface area contributed by atoms with Gasteiger partial charge in [-0.15, -0.1) is 0 Å². The van der Waals surface area contributed by atoms with Gasteiger partial charge in [0, 0.05) is 36.7 Å². The first-order valence-corrected chi connectivity index (χ1v) is 6.83. The Balaban J connectivity index is 1.64. The monoisotopic (exact) mass is 256 g/mol. The predicted octanol–water partition coefficient (Wildman–Crippen LogP) is 2.12. The van der Waals surface area contributed by atoms with Crippen molar-refractivity contribution in [2.75, 3.05) is 13.6 Å². The Bertz CT molecular complexity index is 595. The van der Waals surface area contributed by atoms with Gasteiger partial charge in [0.2, 0.25) is 0 Å². The third kappa shape index (κ3) is 2.57. The zero-order chi connectivity index (χ0) is 13.2. The van der Waals surface area contributed by atoms with Gasteiger partial charge < -0.3 is 15.6 Å². The second kappa shape index (κ2) is 4.96. The number of guanidine groups is 1. The number of benzene rings is 1. The van der Waals surface area contributed by atoms with Gasteiger partial charge in [-0.3, -0.25) is 4.99 Å². The number of nitrogens with two attached hydrogens (primary N) is 1. The van der Waals surface area contributed by atoms with Crippen molar-refractivity contribution in [2.24, 2.45) is 10.7 Å².